The fourth-order valence-electron chi connectivity index (χ4n) is 0.837. The number of hydrogen-bond donors (Lipinski definition) is 0. The first kappa shape index (κ1) is 9.22. The van der Waals surface area contributed by atoms with E-state index in [1.54, 1.807) is 24.3 Å². The van der Waals surface area contributed by atoms with Gasteiger partial charge in [-0.25, -0.2) is 0 Å². The Labute approximate surface area is 72.1 Å². The fourth-order valence-corrected chi connectivity index (χ4v) is 1.56. The molecule has 1 aromatic rings. The maximum Gasteiger partial charge on any atom is 0.271 e. The summed E-state index contributed by atoms with van der Waals surface area (Å²) in [5.74, 6) is -0.0651. The normalized spacial score (nSPS) is 11.4. The van der Waals surface area contributed by atoms with Gasteiger partial charge in [0.05, 0.1) is 7.11 Å². The van der Waals surface area contributed by atoms with Crippen LogP contribution < -0.4 is 0 Å². The van der Waals surface area contributed by atoms with Crippen LogP contribution in [0.2, 0.25) is 0 Å². The minimum absolute atomic E-state index is 0.0651. The molecule has 4 heteroatoms. The van der Waals surface area contributed by atoms with Gasteiger partial charge in [-0.1, -0.05) is 30.3 Å². The van der Waals surface area contributed by atoms with Crippen LogP contribution in [0.15, 0.2) is 30.3 Å². The molecule has 0 spiro atoms. The zero-order valence-electron chi connectivity index (χ0n) is 6.73. The summed E-state index contributed by atoms with van der Waals surface area (Å²) in [4.78, 5) is 0. The third kappa shape index (κ3) is 2.64. The van der Waals surface area contributed by atoms with Crippen molar-refractivity contribution in [3.05, 3.63) is 35.9 Å². The van der Waals surface area contributed by atoms with E-state index in [2.05, 4.69) is 4.18 Å². The van der Waals surface area contributed by atoms with E-state index < -0.39 is 10.1 Å². The van der Waals surface area contributed by atoms with E-state index in [9.17, 15) is 8.42 Å². The molecule has 0 aliphatic heterocycles. The molecule has 0 saturated carbocycles. The molecule has 0 amide bonds. The zero-order valence-corrected chi connectivity index (χ0v) is 7.54. The van der Waals surface area contributed by atoms with Crippen LogP contribution in [-0.4, -0.2) is 15.5 Å². The number of benzene rings is 1. The van der Waals surface area contributed by atoms with Gasteiger partial charge >= 0.3 is 0 Å². The molecule has 0 fully saturated rings. The van der Waals surface area contributed by atoms with Crippen LogP contribution in [0.25, 0.3) is 0 Å². The molecule has 0 atom stereocenters. The largest absolute Gasteiger partial charge is 0.273 e. The maximum atomic E-state index is 10.9. The summed E-state index contributed by atoms with van der Waals surface area (Å²) < 4.78 is 26.2. The van der Waals surface area contributed by atoms with E-state index in [1.807, 2.05) is 6.07 Å². The molecule has 1 rings (SSSR count). The highest BCUT2D eigenvalue weighted by Crippen LogP contribution is 2.05. The lowest BCUT2D eigenvalue weighted by Gasteiger charge is -1.99. The standard InChI is InChI=1S/C8H10O3S/c1-11-12(9,10)7-8-5-3-2-4-6-8/h2-6H,7H2,1H3. The summed E-state index contributed by atoms with van der Waals surface area (Å²) in [5, 5.41) is 0. The molecular formula is C8H10O3S. The monoisotopic (exact) mass is 186 g/mol. The number of rotatable bonds is 3. The Hall–Kier alpha value is -0.870. The second-order valence-electron chi connectivity index (χ2n) is 2.35. The van der Waals surface area contributed by atoms with Gasteiger partial charge in [0.2, 0.25) is 0 Å². The first-order valence-corrected chi connectivity index (χ1v) is 5.04. The minimum atomic E-state index is -3.37. The van der Waals surface area contributed by atoms with Gasteiger partial charge < -0.3 is 0 Å². The maximum absolute atomic E-state index is 10.9. The minimum Gasteiger partial charge on any atom is -0.273 e. The molecule has 0 aliphatic rings. The first-order valence-electron chi connectivity index (χ1n) is 3.46. The summed E-state index contributed by atoms with van der Waals surface area (Å²) in [5.41, 5.74) is 0.736. The molecular weight excluding hydrogens is 176 g/mol. The lowest BCUT2D eigenvalue weighted by molar-refractivity contribution is 0.397. The first-order chi connectivity index (χ1) is 5.64. The average molecular weight is 186 g/mol. The van der Waals surface area contributed by atoms with Crippen LogP contribution >= 0.6 is 0 Å². The van der Waals surface area contributed by atoms with E-state index >= 15 is 0 Å². The average Bonchev–Trinajstić information content (AvgIpc) is 2.06. The van der Waals surface area contributed by atoms with E-state index in [1.165, 1.54) is 0 Å². The lowest BCUT2D eigenvalue weighted by atomic mass is 10.2. The second kappa shape index (κ2) is 3.69. The Morgan fingerprint density at radius 3 is 2.33 bits per heavy atom. The molecule has 1 aromatic carbocycles. The summed E-state index contributed by atoms with van der Waals surface area (Å²) in [6.45, 7) is 0. The van der Waals surface area contributed by atoms with E-state index in [0.717, 1.165) is 12.7 Å². The van der Waals surface area contributed by atoms with Crippen molar-refractivity contribution >= 4 is 10.1 Å². The molecule has 0 aliphatic carbocycles. The summed E-state index contributed by atoms with van der Waals surface area (Å²) in [6, 6.07) is 8.91. The van der Waals surface area contributed by atoms with Gasteiger partial charge in [-0.05, 0) is 5.56 Å². The predicted octanol–water partition coefficient (Wildman–Crippen LogP) is 1.16. The molecule has 0 heterocycles. The second-order valence-corrected chi connectivity index (χ2v) is 4.09. The van der Waals surface area contributed by atoms with Gasteiger partial charge in [0.25, 0.3) is 10.1 Å². The smallest absolute Gasteiger partial charge is 0.271 e. The molecule has 3 nitrogen and oxygen atoms in total. The highest BCUT2D eigenvalue weighted by atomic mass is 32.2. The van der Waals surface area contributed by atoms with Crippen molar-refractivity contribution in [1.29, 1.82) is 0 Å². The van der Waals surface area contributed by atoms with E-state index in [0.29, 0.717) is 0 Å². The van der Waals surface area contributed by atoms with E-state index in [4.69, 9.17) is 0 Å². The van der Waals surface area contributed by atoms with Crippen molar-refractivity contribution in [2.24, 2.45) is 0 Å². The predicted molar refractivity (Wildman–Crippen MR) is 46.1 cm³/mol. The quantitative estimate of drug-likeness (QED) is 0.665. The van der Waals surface area contributed by atoms with Gasteiger partial charge in [-0.15, -0.1) is 0 Å². The molecule has 0 bridgehead atoms. The summed E-state index contributed by atoms with van der Waals surface area (Å²) in [7, 11) is -2.21. The highest BCUT2D eigenvalue weighted by Gasteiger charge is 2.08. The Balaban J connectivity index is 2.78. The Kier molecular flexibility index (Phi) is 2.83. The van der Waals surface area contributed by atoms with Gasteiger partial charge in [-0.2, -0.15) is 8.42 Å². The van der Waals surface area contributed by atoms with Crippen molar-refractivity contribution < 1.29 is 12.6 Å². The van der Waals surface area contributed by atoms with Crippen molar-refractivity contribution in [1.82, 2.24) is 0 Å². The van der Waals surface area contributed by atoms with Crippen LogP contribution in [0.4, 0.5) is 0 Å². The molecule has 0 unspecified atom stereocenters. The van der Waals surface area contributed by atoms with Gasteiger partial charge in [-0.3, -0.25) is 4.18 Å². The molecule has 0 radical (unpaired) electrons. The van der Waals surface area contributed by atoms with Gasteiger partial charge in [0.1, 0.15) is 5.75 Å². The lowest BCUT2D eigenvalue weighted by Crippen LogP contribution is -2.05. The summed E-state index contributed by atoms with van der Waals surface area (Å²) >= 11 is 0. The van der Waals surface area contributed by atoms with E-state index in [-0.39, 0.29) is 5.75 Å². The number of hydrogen-bond acceptors (Lipinski definition) is 3. The van der Waals surface area contributed by atoms with Crippen LogP contribution in [0.1, 0.15) is 5.56 Å². The molecule has 66 valence electrons. The molecule has 0 aromatic heterocycles. The van der Waals surface area contributed by atoms with Crippen molar-refractivity contribution in [3.63, 3.8) is 0 Å². The molecule has 0 saturated heterocycles. The SMILES string of the molecule is COS(=O)(=O)Cc1ccccc1. The summed E-state index contributed by atoms with van der Waals surface area (Å²) in [6.07, 6.45) is 0. The van der Waals surface area contributed by atoms with Crippen molar-refractivity contribution in [3.8, 4) is 0 Å². The Morgan fingerprint density at radius 2 is 1.83 bits per heavy atom. The Bertz CT molecular complexity index is 329. The van der Waals surface area contributed by atoms with Gasteiger partial charge in [0, 0.05) is 0 Å². The Morgan fingerprint density at radius 1 is 1.25 bits per heavy atom. The third-order valence-electron chi connectivity index (χ3n) is 1.44. The van der Waals surface area contributed by atoms with Gasteiger partial charge in [0.15, 0.2) is 0 Å². The third-order valence-corrected chi connectivity index (χ3v) is 2.63. The fraction of sp³-hybridized carbons (Fsp3) is 0.250. The van der Waals surface area contributed by atoms with Crippen LogP contribution in [0, 0.1) is 0 Å². The molecule has 0 N–H and O–H groups in total. The van der Waals surface area contributed by atoms with Crippen LogP contribution in [-0.2, 0) is 20.1 Å². The topological polar surface area (TPSA) is 43.4 Å². The van der Waals surface area contributed by atoms with Crippen molar-refractivity contribution in [2.75, 3.05) is 7.11 Å². The highest BCUT2D eigenvalue weighted by molar-refractivity contribution is 7.85. The van der Waals surface area contributed by atoms with Crippen molar-refractivity contribution in [2.45, 2.75) is 5.75 Å². The molecule has 12 heavy (non-hydrogen) atoms. The zero-order chi connectivity index (χ0) is 9.03. The van der Waals surface area contributed by atoms with Crippen LogP contribution in [0.5, 0.6) is 0 Å². The van der Waals surface area contributed by atoms with Crippen LogP contribution in [0.3, 0.4) is 0 Å².